The van der Waals surface area contributed by atoms with E-state index >= 15 is 0 Å². The average molecular weight is 419 g/mol. The third kappa shape index (κ3) is 4.20. The largest absolute Gasteiger partial charge is 0.371 e. The second-order valence-electron chi connectivity index (χ2n) is 8.62. The molecule has 0 bridgehead atoms. The lowest BCUT2D eigenvalue weighted by atomic mass is 10.00. The van der Waals surface area contributed by atoms with E-state index in [0.717, 1.165) is 57.4 Å². The fourth-order valence-corrected chi connectivity index (χ4v) is 4.89. The molecule has 5 rings (SSSR count). The summed E-state index contributed by atoms with van der Waals surface area (Å²) in [5.41, 5.74) is 5.65. The Hall–Kier alpha value is -3.15. The van der Waals surface area contributed by atoms with Crippen LogP contribution in [0.3, 0.4) is 0 Å². The topological polar surface area (TPSA) is 52.2 Å². The van der Waals surface area contributed by atoms with Crippen molar-refractivity contribution in [2.24, 2.45) is 5.92 Å². The molecule has 0 saturated carbocycles. The van der Waals surface area contributed by atoms with Crippen LogP contribution in [-0.2, 0) is 6.42 Å². The Labute approximate surface area is 181 Å². The highest BCUT2D eigenvalue weighted by molar-refractivity contribution is 5.94. The number of carbonyl (C=O) groups is 1. The van der Waals surface area contributed by atoms with Gasteiger partial charge in [0.2, 0.25) is 0 Å². The minimum Gasteiger partial charge on any atom is -0.371 e. The van der Waals surface area contributed by atoms with E-state index in [4.69, 9.17) is 0 Å². The normalized spacial score (nSPS) is 18.7. The van der Waals surface area contributed by atoms with Gasteiger partial charge in [-0.3, -0.25) is 9.89 Å². The quantitative estimate of drug-likeness (QED) is 0.678. The van der Waals surface area contributed by atoms with E-state index in [1.807, 2.05) is 17.3 Å². The molecule has 0 aliphatic carbocycles. The van der Waals surface area contributed by atoms with Gasteiger partial charge in [0.15, 0.2) is 0 Å². The van der Waals surface area contributed by atoms with Crippen molar-refractivity contribution in [3.63, 3.8) is 0 Å². The van der Waals surface area contributed by atoms with Gasteiger partial charge in [-0.2, -0.15) is 5.10 Å². The van der Waals surface area contributed by atoms with Gasteiger partial charge in [0.05, 0.1) is 6.20 Å². The molecule has 0 unspecified atom stereocenters. The average Bonchev–Trinajstić information content (AvgIpc) is 3.40. The maximum absolute atomic E-state index is 13.2. The lowest BCUT2D eigenvalue weighted by molar-refractivity contribution is 0.0760. The summed E-state index contributed by atoms with van der Waals surface area (Å²) in [5, 5.41) is 6.94. The first-order valence-corrected chi connectivity index (χ1v) is 11.1. The number of nitrogens with one attached hydrogen (secondary N) is 1. The van der Waals surface area contributed by atoms with Crippen molar-refractivity contribution in [2.75, 3.05) is 31.1 Å². The molecule has 2 aromatic carbocycles. The zero-order valence-corrected chi connectivity index (χ0v) is 17.6. The predicted molar refractivity (Wildman–Crippen MR) is 120 cm³/mol. The van der Waals surface area contributed by atoms with Gasteiger partial charge in [-0.05, 0) is 79.1 Å². The Morgan fingerprint density at radius 1 is 1.06 bits per heavy atom. The fraction of sp³-hybridized carbons (Fsp3) is 0.360. The number of amides is 1. The molecule has 160 valence electrons. The van der Waals surface area contributed by atoms with Gasteiger partial charge in [-0.25, -0.2) is 4.39 Å². The summed E-state index contributed by atoms with van der Waals surface area (Å²) in [6, 6.07) is 12.6. The standard InChI is InChI=1S/C25H27FN4O/c26-23-6-3-19(4-7-23)25(31)29-11-1-2-18(9-12-29)17-30-13-10-21-14-20(5-8-24(21)30)22-15-27-28-16-22/h3-8,14-16,18H,1-2,9-13,17H2,(H,27,28)/t18-/m0/s1. The summed E-state index contributed by atoms with van der Waals surface area (Å²) < 4.78 is 13.2. The molecule has 31 heavy (non-hydrogen) atoms. The van der Waals surface area contributed by atoms with Crippen LogP contribution in [0.2, 0.25) is 0 Å². The van der Waals surface area contributed by atoms with Crippen molar-refractivity contribution in [3.8, 4) is 11.1 Å². The molecule has 1 amide bonds. The van der Waals surface area contributed by atoms with Gasteiger partial charge in [-0.15, -0.1) is 0 Å². The Balaban J connectivity index is 1.21. The van der Waals surface area contributed by atoms with E-state index in [1.54, 1.807) is 12.1 Å². The van der Waals surface area contributed by atoms with Crippen LogP contribution < -0.4 is 4.90 Å². The van der Waals surface area contributed by atoms with Crippen molar-refractivity contribution in [1.82, 2.24) is 15.1 Å². The summed E-state index contributed by atoms with van der Waals surface area (Å²) >= 11 is 0. The predicted octanol–water partition coefficient (Wildman–Crippen LogP) is 4.52. The van der Waals surface area contributed by atoms with E-state index in [2.05, 4.69) is 33.3 Å². The molecule has 5 nitrogen and oxygen atoms in total. The van der Waals surface area contributed by atoms with Crippen molar-refractivity contribution >= 4 is 11.6 Å². The van der Waals surface area contributed by atoms with Crippen LogP contribution in [0.25, 0.3) is 11.1 Å². The monoisotopic (exact) mass is 418 g/mol. The number of hydrogen-bond acceptors (Lipinski definition) is 3. The Bertz CT molecular complexity index is 1050. The summed E-state index contributed by atoms with van der Waals surface area (Å²) in [6.45, 7) is 3.63. The molecule has 3 aromatic rings. The van der Waals surface area contributed by atoms with Crippen molar-refractivity contribution < 1.29 is 9.18 Å². The van der Waals surface area contributed by atoms with Gasteiger partial charge in [0, 0.05) is 49.2 Å². The van der Waals surface area contributed by atoms with E-state index in [-0.39, 0.29) is 11.7 Å². The maximum Gasteiger partial charge on any atom is 0.253 e. The number of anilines is 1. The van der Waals surface area contributed by atoms with Crippen LogP contribution in [0.1, 0.15) is 35.2 Å². The Kier molecular flexibility index (Phi) is 5.45. The van der Waals surface area contributed by atoms with E-state index in [0.29, 0.717) is 11.5 Å². The van der Waals surface area contributed by atoms with Crippen LogP contribution in [0.5, 0.6) is 0 Å². The number of fused-ring (bicyclic) bond motifs is 1. The molecule has 1 N–H and O–H groups in total. The number of rotatable bonds is 4. The van der Waals surface area contributed by atoms with Crippen LogP contribution >= 0.6 is 0 Å². The maximum atomic E-state index is 13.2. The Morgan fingerprint density at radius 2 is 1.94 bits per heavy atom. The van der Waals surface area contributed by atoms with Gasteiger partial charge >= 0.3 is 0 Å². The van der Waals surface area contributed by atoms with Crippen LogP contribution in [-0.4, -0.2) is 47.2 Å². The highest BCUT2D eigenvalue weighted by atomic mass is 19.1. The number of aromatic nitrogens is 2. The van der Waals surface area contributed by atoms with Crippen LogP contribution in [0.15, 0.2) is 54.9 Å². The second-order valence-corrected chi connectivity index (χ2v) is 8.62. The second kappa shape index (κ2) is 8.53. The highest BCUT2D eigenvalue weighted by Crippen LogP contribution is 2.33. The number of hydrogen-bond donors (Lipinski definition) is 1. The highest BCUT2D eigenvalue weighted by Gasteiger charge is 2.26. The number of H-pyrrole nitrogens is 1. The molecule has 1 fully saturated rings. The molecular weight excluding hydrogens is 391 g/mol. The molecule has 2 aliphatic heterocycles. The van der Waals surface area contributed by atoms with E-state index in [1.165, 1.54) is 28.9 Å². The van der Waals surface area contributed by atoms with E-state index < -0.39 is 0 Å². The first kappa shape index (κ1) is 19.8. The molecule has 3 heterocycles. The molecule has 0 spiro atoms. The number of halogens is 1. The molecule has 2 aliphatic rings. The minimum atomic E-state index is -0.310. The zero-order valence-electron chi connectivity index (χ0n) is 17.6. The molecule has 0 radical (unpaired) electrons. The van der Waals surface area contributed by atoms with Crippen molar-refractivity contribution in [1.29, 1.82) is 0 Å². The summed E-state index contributed by atoms with van der Waals surface area (Å²) in [5.74, 6) is 0.278. The fourth-order valence-electron chi connectivity index (χ4n) is 4.89. The smallest absolute Gasteiger partial charge is 0.253 e. The van der Waals surface area contributed by atoms with Crippen LogP contribution in [0.4, 0.5) is 10.1 Å². The minimum absolute atomic E-state index is 0.0129. The number of carbonyl (C=O) groups excluding carboxylic acids is 1. The number of aromatic amines is 1. The van der Waals surface area contributed by atoms with Crippen molar-refractivity contribution in [3.05, 3.63) is 71.8 Å². The van der Waals surface area contributed by atoms with Crippen LogP contribution in [0, 0.1) is 11.7 Å². The van der Waals surface area contributed by atoms with E-state index in [9.17, 15) is 9.18 Å². The third-order valence-electron chi connectivity index (χ3n) is 6.61. The summed E-state index contributed by atoms with van der Waals surface area (Å²) in [4.78, 5) is 17.2. The third-order valence-corrected chi connectivity index (χ3v) is 6.61. The lowest BCUT2D eigenvalue weighted by Crippen LogP contribution is -2.33. The molecule has 1 saturated heterocycles. The van der Waals surface area contributed by atoms with Gasteiger partial charge in [-0.1, -0.05) is 6.07 Å². The number of benzene rings is 2. The van der Waals surface area contributed by atoms with Gasteiger partial charge in [0.1, 0.15) is 5.82 Å². The number of nitrogens with zero attached hydrogens (tertiary/aromatic N) is 3. The zero-order chi connectivity index (χ0) is 21.2. The number of likely N-dealkylation sites (tertiary alicyclic amines) is 1. The molecule has 1 aromatic heterocycles. The van der Waals surface area contributed by atoms with Gasteiger partial charge < -0.3 is 9.80 Å². The summed E-state index contributed by atoms with van der Waals surface area (Å²) in [6.07, 6.45) is 8.01. The Morgan fingerprint density at radius 3 is 2.74 bits per heavy atom. The molecular formula is C25H27FN4O. The first-order valence-electron chi connectivity index (χ1n) is 11.1. The van der Waals surface area contributed by atoms with Gasteiger partial charge in [0.25, 0.3) is 5.91 Å². The lowest BCUT2D eigenvalue weighted by Gasteiger charge is -2.25. The first-order chi connectivity index (χ1) is 15.2. The summed E-state index contributed by atoms with van der Waals surface area (Å²) in [7, 11) is 0. The SMILES string of the molecule is O=C(c1ccc(F)cc1)N1CCC[C@H](CN2CCc3cc(-c4cn[nH]c4)ccc32)CC1. The van der Waals surface area contributed by atoms with Crippen molar-refractivity contribution in [2.45, 2.75) is 25.7 Å². The molecule has 1 atom stereocenters. The molecule has 6 heteroatoms.